The van der Waals surface area contributed by atoms with Crippen LogP contribution >= 0.6 is 0 Å². The minimum Gasteiger partial charge on any atom is -0.351 e. The summed E-state index contributed by atoms with van der Waals surface area (Å²) < 4.78 is 105. The highest BCUT2D eigenvalue weighted by molar-refractivity contribution is 5.78. The van der Waals surface area contributed by atoms with E-state index >= 15 is 0 Å². The van der Waals surface area contributed by atoms with Crippen LogP contribution in [0, 0.1) is 11.6 Å². The molecule has 13 heteroatoms. The second-order valence-corrected chi connectivity index (χ2v) is 9.61. The number of alkyl halides is 6. The molecule has 0 bridgehead atoms. The molecular formula is C29H25F8N3O2. The molecule has 3 aromatic carbocycles. The van der Waals surface area contributed by atoms with E-state index in [0.717, 1.165) is 0 Å². The molecule has 1 aliphatic rings. The molecule has 1 amide bonds. The fourth-order valence-electron chi connectivity index (χ4n) is 4.27. The van der Waals surface area contributed by atoms with Crippen molar-refractivity contribution in [3.63, 3.8) is 0 Å². The van der Waals surface area contributed by atoms with Crippen molar-refractivity contribution >= 4 is 5.91 Å². The Morgan fingerprint density at radius 1 is 0.833 bits per heavy atom. The number of nitrogens with zero attached hydrogens (tertiary/aromatic N) is 1. The molecule has 1 aliphatic heterocycles. The van der Waals surface area contributed by atoms with Crippen molar-refractivity contribution < 1.29 is 44.8 Å². The number of hydroxylamine groups is 1. The predicted octanol–water partition coefficient (Wildman–Crippen LogP) is 6.52. The van der Waals surface area contributed by atoms with Gasteiger partial charge < -0.3 is 5.32 Å². The van der Waals surface area contributed by atoms with Crippen LogP contribution in [-0.2, 0) is 28.5 Å². The van der Waals surface area contributed by atoms with Gasteiger partial charge in [0.2, 0.25) is 5.91 Å². The Hall–Kier alpha value is -3.97. The van der Waals surface area contributed by atoms with Crippen LogP contribution in [-0.4, -0.2) is 30.4 Å². The average Bonchev–Trinajstić information content (AvgIpc) is 2.93. The van der Waals surface area contributed by atoms with Crippen LogP contribution in [0.5, 0.6) is 0 Å². The van der Waals surface area contributed by atoms with E-state index in [4.69, 9.17) is 4.84 Å². The SMILES string of the molecule is O=C(CN1CC=C(NOC(c2ccc(F)cc2)c2ccc(F)cc2)CC1)NCc1cc(C(F)(F)F)cc(C(F)(F)F)c1. The maximum Gasteiger partial charge on any atom is 0.416 e. The molecule has 5 nitrogen and oxygen atoms in total. The summed E-state index contributed by atoms with van der Waals surface area (Å²) in [6.45, 7) is 0.0572. The molecule has 0 fully saturated rings. The highest BCUT2D eigenvalue weighted by atomic mass is 19.4. The molecular weight excluding hydrogens is 574 g/mol. The second-order valence-electron chi connectivity index (χ2n) is 9.61. The quantitative estimate of drug-likeness (QED) is 0.217. The lowest BCUT2D eigenvalue weighted by Crippen LogP contribution is -2.40. The van der Waals surface area contributed by atoms with Crippen LogP contribution in [0.15, 0.2) is 78.5 Å². The molecule has 4 rings (SSSR count). The summed E-state index contributed by atoms with van der Waals surface area (Å²) in [4.78, 5) is 20.0. The number of halogens is 8. The molecule has 0 saturated heterocycles. The summed E-state index contributed by atoms with van der Waals surface area (Å²) in [5.41, 5.74) is 1.55. The first-order valence-electron chi connectivity index (χ1n) is 12.7. The van der Waals surface area contributed by atoms with Gasteiger partial charge in [-0.1, -0.05) is 24.3 Å². The number of amides is 1. The molecule has 0 saturated carbocycles. The first-order chi connectivity index (χ1) is 19.8. The van der Waals surface area contributed by atoms with Crippen molar-refractivity contribution in [3.05, 3.63) is 118 Å². The monoisotopic (exact) mass is 599 g/mol. The van der Waals surface area contributed by atoms with Crippen molar-refractivity contribution in [1.82, 2.24) is 15.7 Å². The predicted molar refractivity (Wildman–Crippen MR) is 136 cm³/mol. The Bertz CT molecular complexity index is 1330. The molecule has 0 aliphatic carbocycles. The van der Waals surface area contributed by atoms with Gasteiger partial charge in [0.1, 0.15) is 17.7 Å². The van der Waals surface area contributed by atoms with Crippen molar-refractivity contribution in [2.75, 3.05) is 19.6 Å². The Morgan fingerprint density at radius 2 is 1.36 bits per heavy atom. The van der Waals surface area contributed by atoms with Crippen LogP contribution in [0.1, 0.15) is 40.3 Å². The minimum absolute atomic E-state index is 0.0300. The second kappa shape index (κ2) is 12.9. The van der Waals surface area contributed by atoms with Crippen LogP contribution in [0.25, 0.3) is 0 Å². The van der Waals surface area contributed by atoms with Crippen molar-refractivity contribution in [3.8, 4) is 0 Å². The highest BCUT2D eigenvalue weighted by Gasteiger charge is 2.37. The maximum absolute atomic E-state index is 13.4. The molecule has 0 spiro atoms. The third-order valence-electron chi connectivity index (χ3n) is 6.45. The number of hydrogen-bond acceptors (Lipinski definition) is 4. The third kappa shape index (κ3) is 8.52. The normalized spacial score (nSPS) is 14.5. The summed E-state index contributed by atoms with van der Waals surface area (Å²) in [6.07, 6.45) is -8.47. The summed E-state index contributed by atoms with van der Waals surface area (Å²) >= 11 is 0. The lowest BCUT2D eigenvalue weighted by atomic mass is 10.0. The molecule has 0 aromatic heterocycles. The van der Waals surface area contributed by atoms with E-state index in [9.17, 15) is 39.9 Å². The first kappa shape index (κ1) is 31.0. The van der Waals surface area contributed by atoms with E-state index in [1.54, 1.807) is 35.2 Å². The topological polar surface area (TPSA) is 53.6 Å². The largest absolute Gasteiger partial charge is 0.416 e. The van der Waals surface area contributed by atoms with Crippen LogP contribution in [0.4, 0.5) is 35.1 Å². The van der Waals surface area contributed by atoms with E-state index < -0.39 is 53.7 Å². The van der Waals surface area contributed by atoms with Crippen molar-refractivity contribution in [2.45, 2.75) is 31.4 Å². The summed E-state index contributed by atoms with van der Waals surface area (Å²) in [6, 6.07) is 12.5. The van der Waals surface area contributed by atoms with Crippen molar-refractivity contribution in [2.24, 2.45) is 0 Å². The summed E-state index contributed by atoms with van der Waals surface area (Å²) in [5.74, 6) is -1.43. The zero-order chi connectivity index (χ0) is 30.5. The van der Waals surface area contributed by atoms with Gasteiger partial charge in [0.05, 0.1) is 17.7 Å². The zero-order valence-electron chi connectivity index (χ0n) is 21.8. The maximum atomic E-state index is 13.4. The van der Waals surface area contributed by atoms with Gasteiger partial charge in [-0.05, 0) is 65.2 Å². The number of carbonyl (C=O) groups is 1. The van der Waals surface area contributed by atoms with Crippen LogP contribution in [0.2, 0.25) is 0 Å². The lowest BCUT2D eigenvalue weighted by Gasteiger charge is -2.27. The Morgan fingerprint density at radius 3 is 1.81 bits per heavy atom. The highest BCUT2D eigenvalue weighted by Crippen LogP contribution is 2.36. The molecule has 3 aromatic rings. The number of carbonyl (C=O) groups excluding carboxylic acids is 1. The first-order valence-corrected chi connectivity index (χ1v) is 12.7. The Labute approximate surface area is 235 Å². The third-order valence-corrected chi connectivity index (χ3v) is 6.45. The number of rotatable bonds is 9. The number of benzene rings is 3. The number of nitrogens with one attached hydrogen (secondary N) is 2. The van der Waals surface area contributed by atoms with Crippen molar-refractivity contribution in [1.29, 1.82) is 0 Å². The Kier molecular flexibility index (Phi) is 9.52. The zero-order valence-corrected chi connectivity index (χ0v) is 21.8. The van der Waals surface area contributed by atoms with Gasteiger partial charge in [-0.2, -0.15) is 26.3 Å². The van der Waals surface area contributed by atoms with E-state index in [1.165, 1.54) is 24.3 Å². The molecule has 42 heavy (non-hydrogen) atoms. The van der Waals surface area contributed by atoms with Gasteiger partial charge in [0.15, 0.2) is 0 Å². The molecule has 2 N–H and O–H groups in total. The van der Waals surface area contributed by atoms with Crippen LogP contribution in [0.3, 0.4) is 0 Å². The molecule has 0 radical (unpaired) electrons. The van der Waals surface area contributed by atoms with Gasteiger partial charge in [-0.15, -0.1) is 0 Å². The van der Waals surface area contributed by atoms with E-state index in [2.05, 4.69) is 10.8 Å². The van der Waals surface area contributed by atoms with Gasteiger partial charge in [0.25, 0.3) is 0 Å². The Balaban J connectivity index is 1.32. The standard InChI is InChI=1S/C29H25F8N3O2/c30-23-5-1-19(2-6-23)27(20-3-7-24(31)8-4-20)42-39-25-9-11-40(12-10-25)17-26(41)38-16-18-13-21(28(32,33)34)15-22(14-18)29(35,36)37/h1-9,13-15,27,39H,10-12,16-17H2,(H,38,41). The summed E-state index contributed by atoms with van der Waals surface area (Å²) in [7, 11) is 0. The van der Waals surface area contributed by atoms with E-state index in [-0.39, 0.29) is 18.2 Å². The molecule has 0 atom stereocenters. The molecule has 1 heterocycles. The molecule has 224 valence electrons. The summed E-state index contributed by atoms with van der Waals surface area (Å²) in [5, 5.41) is 2.37. The average molecular weight is 600 g/mol. The van der Waals surface area contributed by atoms with Gasteiger partial charge in [-0.3, -0.25) is 20.0 Å². The van der Waals surface area contributed by atoms with Gasteiger partial charge in [-0.25, -0.2) is 8.78 Å². The lowest BCUT2D eigenvalue weighted by molar-refractivity contribution is -0.143. The minimum atomic E-state index is -4.98. The van der Waals surface area contributed by atoms with Gasteiger partial charge in [0, 0.05) is 31.8 Å². The van der Waals surface area contributed by atoms with Gasteiger partial charge >= 0.3 is 12.4 Å². The fourth-order valence-corrected chi connectivity index (χ4v) is 4.27. The van der Waals surface area contributed by atoms with E-state index in [1.807, 2.05) is 0 Å². The fraction of sp³-hybridized carbons (Fsp3) is 0.276. The van der Waals surface area contributed by atoms with E-state index in [0.29, 0.717) is 48.5 Å². The van der Waals surface area contributed by atoms with Crippen LogP contribution < -0.4 is 10.8 Å². The molecule has 0 unspecified atom stereocenters. The number of hydrogen-bond donors (Lipinski definition) is 2. The smallest absolute Gasteiger partial charge is 0.351 e.